The number of nitrogens with zero attached hydrogens (tertiary/aromatic N) is 5. The Morgan fingerprint density at radius 2 is 1.81 bits per heavy atom. The number of amidine groups is 1. The number of alkyl halides is 3. The third-order valence-corrected chi connectivity index (χ3v) is 9.01. The number of aromatic nitrogens is 3. The van der Waals surface area contributed by atoms with E-state index in [1.807, 2.05) is 31.2 Å². The molecule has 2 unspecified atom stereocenters. The molecule has 0 aliphatic carbocycles. The zero-order chi connectivity index (χ0) is 33.7. The van der Waals surface area contributed by atoms with E-state index in [-0.39, 0.29) is 23.9 Å². The molecule has 2 amide bonds. The first-order valence-corrected chi connectivity index (χ1v) is 16.6. The first kappa shape index (κ1) is 34.0. The lowest BCUT2D eigenvalue weighted by Crippen LogP contribution is -2.43. The van der Waals surface area contributed by atoms with E-state index in [0.29, 0.717) is 17.4 Å². The van der Waals surface area contributed by atoms with Crippen LogP contribution in [0.3, 0.4) is 0 Å². The summed E-state index contributed by atoms with van der Waals surface area (Å²) in [6.07, 6.45) is -0.732. The van der Waals surface area contributed by atoms with Gasteiger partial charge in [-0.15, -0.1) is 18.3 Å². The molecule has 47 heavy (non-hydrogen) atoms. The monoisotopic (exact) mass is 664 g/mol. The van der Waals surface area contributed by atoms with Crippen molar-refractivity contribution < 1.29 is 22.7 Å². The Bertz CT molecular complexity index is 1700. The molecular weight excluding hydrogens is 625 g/mol. The van der Waals surface area contributed by atoms with Gasteiger partial charge in [-0.1, -0.05) is 62.0 Å². The molecular formula is C35H39F3N6O2S. The summed E-state index contributed by atoms with van der Waals surface area (Å²) in [5, 5.41) is 8.25. The molecule has 2 heterocycles. The third kappa shape index (κ3) is 8.73. The molecule has 0 saturated carbocycles. The average molecular weight is 665 g/mol. The molecule has 0 spiro atoms. The molecule has 1 fully saturated rings. The SMILES string of the molecule is Cc1cccc(N2/C(=N/C(=O)NC(C)CCc3ccc(-c4ncn(-c5ccc(OC(F)(F)F)cc5)n4)cc3)SCCC2C)c1C(C)C. The highest BCUT2D eigenvalue weighted by Crippen LogP contribution is 2.36. The fourth-order valence-electron chi connectivity index (χ4n) is 5.69. The highest BCUT2D eigenvalue weighted by atomic mass is 32.2. The van der Waals surface area contributed by atoms with Gasteiger partial charge in [-0.3, -0.25) is 0 Å². The largest absolute Gasteiger partial charge is 0.573 e. The summed E-state index contributed by atoms with van der Waals surface area (Å²) in [6, 6.07) is 19.4. The highest BCUT2D eigenvalue weighted by molar-refractivity contribution is 8.14. The zero-order valence-corrected chi connectivity index (χ0v) is 27.9. The molecule has 1 saturated heterocycles. The number of carbonyl (C=O) groups excluding carboxylic acids is 1. The van der Waals surface area contributed by atoms with E-state index in [0.717, 1.165) is 47.0 Å². The Kier molecular flexibility index (Phi) is 10.6. The molecule has 1 aromatic heterocycles. The number of thioether (sulfide) groups is 1. The third-order valence-electron chi connectivity index (χ3n) is 8.02. The fourth-order valence-corrected chi connectivity index (χ4v) is 6.89. The standard InChI is InChI=1S/C35H39F3N6O2S/c1-22(2)31-23(3)7-6-8-30(31)44-25(5)19-20-47-34(44)41-33(45)40-24(4)9-10-26-11-13-27(14-12-26)32-39-21-43(42-32)28-15-17-29(18-16-28)46-35(36,37)38/h6-8,11-18,21-22,24-25H,9-10,19-20H2,1-5H3,(H,40,45)/b41-34-. The number of hydrogen-bond acceptors (Lipinski definition) is 5. The van der Waals surface area contributed by atoms with Crippen molar-refractivity contribution in [2.45, 2.75) is 78.2 Å². The van der Waals surface area contributed by atoms with Crippen LogP contribution in [0.2, 0.25) is 0 Å². The first-order chi connectivity index (χ1) is 22.4. The van der Waals surface area contributed by atoms with Crippen molar-refractivity contribution in [2.24, 2.45) is 4.99 Å². The van der Waals surface area contributed by atoms with Crippen molar-refractivity contribution in [1.29, 1.82) is 0 Å². The summed E-state index contributed by atoms with van der Waals surface area (Å²) in [4.78, 5) is 24.2. The lowest BCUT2D eigenvalue weighted by atomic mass is 9.95. The number of hydrogen-bond donors (Lipinski definition) is 1. The van der Waals surface area contributed by atoms with Crippen molar-refractivity contribution in [2.75, 3.05) is 10.7 Å². The van der Waals surface area contributed by atoms with Crippen LogP contribution in [-0.4, -0.2) is 50.2 Å². The lowest BCUT2D eigenvalue weighted by molar-refractivity contribution is -0.274. The van der Waals surface area contributed by atoms with E-state index >= 15 is 0 Å². The highest BCUT2D eigenvalue weighted by Gasteiger charge is 2.31. The van der Waals surface area contributed by atoms with Crippen molar-refractivity contribution in [3.63, 3.8) is 0 Å². The van der Waals surface area contributed by atoms with Gasteiger partial charge in [-0.05, 0) is 93.0 Å². The Balaban J connectivity index is 1.17. The maximum absolute atomic E-state index is 13.1. The second kappa shape index (κ2) is 14.6. The molecule has 0 bridgehead atoms. The van der Waals surface area contributed by atoms with Crippen LogP contribution in [0.15, 0.2) is 78.0 Å². The summed E-state index contributed by atoms with van der Waals surface area (Å²) < 4.78 is 42.7. The minimum absolute atomic E-state index is 0.0820. The minimum atomic E-state index is -4.75. The molecule has 2 atom stereocenters. The zero-order valence-electron chi connectivity index (χ0n) is 27.1. The Morgan fingerprint density at radius 3 is 2.49 bits per heavy atom. The van der Waals surface area contributed by atoms with Crippen LogP contribution in [0.1, 0.15) is 63.1 Å². The maximum Gasteiger partial charge on any atom is 0.573 e. The number of ether oxygens (including phenoxy) is 1. The number of aliphatic imine (C=N–C) groups is 1. The van der Waals surface area contributed by atoms with Gasteiger partial charge in [-0.2, -0.15) is 4.99 Å². The lowest BCUT2D eigenvalue weighted by Gasteiger charge is -2.37. The van der Waals surface area contributed by atoms with E-state index in [2.05, 4.69) is 75.9 Å². The van der Waals surface area contributed by atoms with Gasteiger partial charge in [-0.25, -0.2) is 14.5 Å². The summed E-state index contributed by atoms with van der Waals surface area (Å²) in [6.45, 7) is 10.7. The van der Waals surface area contributed by atoms with Crippen molar-refractivity contribution in [3.8, 4) is 22.8 Å². The van der Waals surface area contributed by atoms with Crippen LogP contribution in [0.4, 0.5) is 23.7 Å². The van der Waals surface area contributed by atoms with Crippen molar-refractivity contribution in [1.82, 2.24) is 20.1 Å². The summed E-state index contributed by atoms with van der Waals surface area (Å²) in [5.41, 5.74) is 6.11. The number of nitrogens with one attached hydrogen (secondary N) is 1. The van der Waals surface area contributed by atoms with E-state index < -0.39 is 6.36 Å². The fraction of sp³-hybridized carbons (Fsp3) is 0.371. The Morgan fingerprint density at radius 1 is 1.09 bits per heavy atom. The Hall–Kier alpha value is -4.32. The summed E-state index contributed by atoms with van der Waals surface area (Å²) >= 11 is 1.62. The normalized spacial score (nSPS) is 16.8. The van der Waals surface area contributed by atoms with Gasteiger partial charge in [0.25, 0.3) is 0 Å². The van der Waals surface area contributed by atoms with Crippen LogP contribution in [0.25, 0.3) is 17.1 Å². The molecule has 12 heteroatoms. The molecule has 1 N–H and O–H groups in total. The Labute approximate surface area is 277 Å². The van der Waals surface area contributed by atoms with Gasteiger partial charge in [0.1, 0.15) is 12.1 Å². The predicted molar refractivity (Wildman–Crippen MR) is 182 cm³/mol. The number of halogens is 3. The van der Waals surface area contributed by atoms with Crippen molar-refractivity contribution >= 4 is 28.6 Å². The quantitative estimate of drug-likeness (QED) is 0.193. The number of benzene rings is 3. The maximum atomic E-state index is 13.1. The molecule has 1 aliphatic heterocycles. The molecule has 1 aliphatic rings. The predicted octanol–water partition coefficient (Wildman–Crippen LogP) is 8.68. The molecule has 4 aromatic rings. The topological polar surface area (TPSA) is 84.6 Å². The van der Waals surface area contributed by atoms with Crippen LogP contribution in [-0.2, 0) is 6.42 Å². The molecule has 0 radical (unpaired) electrons. The average Bonchev–Trinajstić information content (AvgIpc) is 3.50. The van der Waals surface area contributed by atoms with Crippen LogP contribution in [0, 0.1) is 6.92 Å². The van der Waals surface area contributed by atoms with Gasteiger partial charge >= 0.3 is 12.4 Å². The smallest absolute Gasteiger partial charge is 0.406 e. The second-order valence-corrected chi connectivity index (χ2v) is 13.1. The van der Waals surface area contributed by atoms with Crippen LogP contribution in [0.5, 0.6) is 5.75 Å². The number of carbonyl (C=O) groups is 1. The number of aryl methyl sites for hydroxylation is 2. The number of amides is 2. The number of urea groups is 1. The molecule has 8 nitrogen and oxygen atoms in total. The van der Waals surface area contributed by atoms with Gasteiger partial charge in [0.05, 0.1) is 5.69 Å². The molecule has 248 valence electrons. The van der Waals surface area contributed by atoms with Crippen molar-refractivity contribution in [3.05, 3.63) is 89.7 Å². The van der Waals surface area contributed by atoms with Gasteiger partial charge in [0.15, 0.2) is 11.0 Å². The van der Waals surface area contributed by atoms with E-state index in [1.165, 1.54) is 46.4 Å². The van der Waals surface area contributed by atoms with Gasteiger partial charge < -0.3 is 15.0 Å². The van der Waals surface area contributed by atoms with Gasteiger partial charge in [0, 0.05) is 29.1 Å². The van der Waals surface area contributed by atoms with Crippen LogP contribution >= 0.6 is 11.8 Å². The number of rotatable bonds is 9. The molecule has 3 aromatic carbocycles. The minimum Gasteiger partial charge on any atom is -0.406 e. The van der Waals surface area contributed by atoms with E-state index in [9.17, 15) is 18.0 Å². The van der Waals surface area contributed by atoms with Gasteiger partial charge in [0.2, 0.25) is 0 Å². The van der Waals surface area contributed by atoms with Crippen LogP contribution < -0.4 is 15.0 Å². The number of anilines is 1. The first-order valence-electron chi connectivity index (χ1n) is 15.7. The van der Waals surface area contributed by atoms with E-state index in [4.69, 9.17) is 0 Å². The van der Waals surface area contributed by atoms with E-state index in [1.54, 1.807) is 11.8 Å². The second-order valence-electron chi connectivity index (χ2n) is 12.1. The summed E-state index contributed by atoms with van der Waals surface area (Å²) in [5.74, 6) is 1.45. The molecule has 5 rings (SSSR count). The summed E-state index contributed by atoms with van der Waals surface area (Å²) in [7, 11) is 0.